The number of hydrogen-bond donors (Lipinski definition) is 0. The Bertz CT molecular complexity index is 331. The molecule has 0 aromatic rings. The predicted molar refractivity (Wildman–Crippen MR) is 75.5 cm³/mol. The molecule has 1 fully saturated rings. The van der Waals surface area contributed by atoms with E-state index >= 15 is 0 Å². The molecule has 1 aliphatic rings. The van der Waals surface area contributed by atoms with Crippen molar-refractivity contribution in [3.63, 3.8) is 0 Å². The van der Waals surface area contributed by atoms with Crippen molar-refractivity contribution >= 4 is 11.9 Å². The van der Waals surface area contributed by atoms with Crippen LogP contribution in [0.25, 0.3) is 0 Å². The standard InChI is InChI=1S/C15H26O6/c1-4-15(2,3)14(17)20-10-7-12(16)21-13-11-18-8-5-6-9-19-13/h13H,4-11H2,1-3H3. The molecule has 0 aliphatic carbocycles. The molecule has 0 spiro atoms. The first kappa shape index (κ1) is 17.9. The third-order valence-electron chi connectivity index (χ3n) is 3.48. The summed E-state index contributed by atoms with van der Waals surface area (Å²) < 4.78 is 20.9. The van der Waals surface area contributed by atoms with E-state index in [0.717, 1.165) is 12.8 Å². The first-order chi connectivity index (χ1) is 9.95. The Labute approximate surface area is 126 Å². The summed E-state index contributed by atoms with van der Waals surface area (Å²) in [6.45, 7) is 7.02. The largest absolute Gasteiger partial charge is 0.465 e. The summed E-state index contributed by atoms with van der Waals surface area (Å²) >= 11 is 0. The number of carbonyl (C=O) groups excluding carboxylic acids is 2. The molecule has 1 saturated heterocycles. The van der Waals surface area contributed by atoms with Crippen molar-refractivity contribution in [1.29, 1.82) is 0 Å². The summed E-state index contributed by atoms with van der Waals surface area (Å²) in [7, 11) is 0. The van der Waals surface area contributed by atoms with Gasteiger partial charge in [0, 0.05) is 6.61 Å². The van der Waals surface area contributed by atoms with Crippen molar-refractivity contribution in [2.75, 3.05) is 26.4 Å². The highest BCUT2D eigenvalue weighted by molar-refractivity contribution is 5.76. The molecule has 0 aromatic carbocycles. The van der Waals surface area contributed by atoms with Gasteiger partial charge in [-0.2, -0.15) is 0 Å². The van der Waals surface area contributed by atoms with Crippen LogP contribution in [0.2, 0.25) is 0 Å². The molecule has 21 heavy (non-hydrogen) atoms. The van der Waals surface area contributed by atoms with E-state index in [2.05, 4.69) is 0 Å². The second-order valence-electron chi connectivity index (χ2n) is 5.70. The highest BCUT2D eigenvalue weighted by Gasteiger charge is 2.27. The smallest absolute Gasteiger partial charge is 0.311 e. The van der Waals surface area contributed by atoms with Gasteiger partial charge in [-0.1, -0.05) is 6.92 Å². The maximum absolute atomic E-state index is 11.7. The fraction of sp³-hybridized carbons (Fsp3) is 0.867. The summed E-state index contributed by atoms with van der Waals surface area (Å²) in [6, 6.07) is 0. The highest BCUT2D eigenvalue weighted by Crippen LogP contribution is 2.21. The van der Waals surface area contributed by atoms with Crippen LogP contribution in [0.4, 0.5) is 0 Å². The van der Waals surface area contributed by atoms with Crippen LogP contribution in [0.1, 0.15) is 46.5 Å². The number of carbonyl (C=O) groups is 2. The molecular formula is C15H26O6. The Kier molecular flexibility index (Phi) is 7.67. The van der Waals surface area contributed by atoms with Gasteiger partial charge >= 0.3 is 11.9 Å². The van der Waals surface area contributed by atoms with Crippen LogP contribution < -0.4 is 0 Å². The van der Waals surface area contributed by atoms with Crippen LogP contribution in [0, 0.1) is 5.41 Å². The Morgan fingerprint density at radius 1 is 1.24 bits per heavy atom. The number of rotatable bonds is 6. The SMILES string of the molecule is CCC(C)(C)C(=O)OCCC(=O)OC1COCCCCO1. The van der Waals surface area contributed by atoms with Gasteiger partial charge in [-0.05, 0) is 33.1 Å². The van der Waals surface area contributed by atoms with Crippen LogP contribution in [0.15, 0.2) is 0 Å². The highest BCUT2D eigenvalue weighted by atomic mass is 16.7. The topological polar surface area (TPSA) is 71.1 Å². The lowest BCUT2D eigenvalue weighted by Gasteiger charge is -2.22. The molecule has 1 atom stereocenters. The van der Waals surface area contributed by atoms with Gasteiger partial charge in [0.15, 0.2) is 0 Å². The molecule has 1 unspecified atom stereocenters. The van der Waals surface area contributed by atoms with Crippen LogP contribution in [0.3, 0.4) is 0 Å². The summed E-state index contributed by atoms with van der Waals surface area (Å²) in [5.74, 6) is -0.755. The van der Waals surface area contributed by atoms with Gasteiger partial charge in [0.2, 0.25) is 6.29 Å². The van der Waals surface area contributed by atoms with Crippen molar-refractivity contribution in [3.8, 4) is 0 Å². The zero-order valence-corrected chi connectivity index (χ0v) is 13.2. The minimum atomic E-state index is -0.666. The molecule has 6 heteroatoms. The van der Waals surface area contributed by atoms with E-state index in [1.54, 1.807) is 0 Å². The van der Waals surface area contributed by atoms with Crippen molar-refractivity contribution < 1.29 is 28.5 Å². The molecule has 0 aromatic heterocycles. The van der Waals surface area contributed by atoms with E-state index in [1.807, 2.05) is 20.8 Å². The Hall–Kier alpha value is -1.14. The summed E-state index contributed by atoms with van der Waals surface area (Å²) in [5, 5.41) is 0. The maximum Gasteiger partial charge on any atom is 0.311 e. The third kappa shape index (κ3) is 6.91. The normalized spacial score (nSPS) is 20.2. The summed E-state index contributed by atoms with van der Waals surface area (Å²) in [5.41, 5.74) is -0.527. The zero-order chi connectivity index (χ0) is 15.7. The van der Waals surface area contributed by atoms with Crippen LogP contribution in [0.5, 0.6) is 0 Å². The summed E-state index contributed by atoms with van der Waals surface area (Å²) in [4.78, 5) is 23.4. The second kappa shape index (κ2) is 9.00. The number of ether oxygens (including phenoxy) is 4. The monoisotopic (exact) mass is 302 g/mol. The first-order valence-electron chi connectivity index (χ1n) is 7.52. The lowest BCUT2D eigenvalue weighted by atomic mass is 9.91. The average Bonchev–Trinajstić information content (AvgIpc) is 2.41. The lowest BCUT2D eigenvalue weighted by Crippen LogP contribution is -2.30. The van der Waals surface area contributed by atoms with Gasteiger partial charge in [-0.3, -0.25) is 9.59 Å². The molecule has 0 amide bonds. The maximum atomic E-state index is 11.7. The van der Waals surface area contributed by atoms with Gasteiger partial charge < -0.3 is 18.9 Å². The van der Waals surface area contributed by atoms with Crippen LogP contribution >= 0.6 is 0 Å². The van der Waals surface area contributed by atoms with E-state index in [9.17, 15) is 9.59 Å². The van der Waals surface area contributed by atoms with Gasteiger partial charge in [-0.15, -0.1) is 0 Å². The van der Waals surface area contributed by atoms with E-state index in [4.69, 9.17) is 18.9 Å². The quantitative estimate of drug-likeness (QED) is 0.699. The molecule has 0 saturated carbocycles. The number of esters is 2. The van der Waals surface area contributed by atoms with Crippen molar-refractivity contribution in [1.82, 2.24) is 0 Å². The van der Waals surface area contributed by atoms with E-state index < -0.39 is 17.7 Å². The van der Waals surface area contributed by atoms with Crippen molar-refractivity contribution in [2.45, 2.75) is 52.7 Å². The molecule has 1 aliphatic heterocycles. The van der Waals surface area contributed by atoms with Crippen LogP contribution in [-0.2, 0) is 28.5 Å². The molecule has 0 bridgehead atoms. The van der Waals surface area contributed by atoms with Gasteiger partial charge in [0.25, 0.3) is 0 Å². The van der Waals surface area contributed by atoms with Gasteiger partial charge in [-0.25, -0.2) is 0 Å². The van der Waals surface area contributed by atoms with Gasteiger partial charge in [0.05, 0.1) is 18.4 Å². The lowest BCUT2D eigenvalue weighted by molar-refractivity contribution is -0.196. The Balaban J connectivity index is 2.22. The zero-order valence-electron chi connectivity index (χ0n) is 13.2. The van der Waals surface area contributed by atoms with Gasteiger partial charge in [0.1, 0.15) is 13.2 Å². The third-order valence-corrected chi connectivity index (χ3v) is 3.48. The van der Waals surface area contributed by atoms with Crippen LogP contribution in [-0.4, -0.2) is 44.7 Å². The summed E-state index contributed by atoms with van der Waals surface area (Å²) in [6.07, 6.45) is 1.87. The minimum Gasteiger partial charge on any atom is -0.465 e. The average molecular weight is 302 g/mol. The Morgan fingerprint density at radius 3 is 2.67 bits per heavy atom. The molecule has 6 nitrogen and oxygen atoms in total. The molecule has 0 radical (unpaired) electrons. The Morgan fingerprint density at radius 2 is 1.95 bits per heavy atom. The van der Waals surface area contributed by atoms with E-state index in [0.29, 0.717) is 19.6 Å². The predicted octanol–water partition coefficient (Wildman–Crippen LogP) is 2.05. The minimum absolute atomic E-state index is 0.0192. The molecule has 1 heterocycles. The van der Waals surface area contributed by atoms with E-state index in [-0.39, 0.29) is 25.6 Å². The van der Waals surface area contributed by atoms with Crippen molar-refractivity contribution in [2.24, 2.45) is 5.41 Å². The van der Waals surface area contributed by atoms with Crippen molar-refractivity contribution in [3.05, 3.63) is 0 Å². The molecular weight excluding hydrogens is 276 g/mol. The first-order valence-corrected chi connectivity index (χ1v) is 7.52. The number of hydrogen-bond acceptors (Lipinski definition) is 6. The van der Waals surface area contributed by atoms with E-state index in [1.165, 1.54) is 0 Å². The molecule has 1 rings (SSSR count). The molecule has 0 N–H and O–H groups in total. The molecule has 122 valence electrons. The second-order valence-corrected chi connectivity index (χ2v) is 5.70. The fourth-order valence-corrected chi connectivity index (χ4v) is 1.59. The fourth-order valence-electron chi connectivity index (χ4n) is 1.59.